The van der Waals surface area contributed by atoms with Crippen LogP contribution in [0.15, 0.2) is 0 Å². The average Bonchev–Trinajstić information content (AvgIpc) is 2.20. The van der Waals surface area contributed by atoms with Crippen LogP contribution in [-0.4, -0.2) is 6.04 Å². The Morgan fingerprint density at radius 1 is 0.923 bits per heavy atom. The molecule has 0 saturated heterocycles. The molecule has 2 aliphatic rings. The molecule has 2 heteroatoms. The second-order valence-electron chi connectivity index (χ2n) is 5.04. The highest BCUT2D eigenvalue weighted by Crippen LogP contribution is 2.47. The summed E-state index contributed by atoms with van der Waals surface area (Å²) in [6.45, 7) is 0. The Bertz CT molecular complexity index is 151. The fraction of sp³-hybridized carbons (Fsp3) is 1.00. The standard InChI is InChI=1S/C11H22N2/c12-13-10-4-8-11(9-5-10)6-2-1-3-7-11/h10,13H,1-9,12H2/p+1. The molecule has 0 aliphatic heterocycles. The zero-order valence-corrected chi connectivity index (χ0v) is 8.65. The molecule has 0 bridgehead atoms. The van der Waals surface area contributed by atoms with E-state index in [0.717, 1.165) is 5.41 Å². The lowest BCUT2D eigenvalue weighted by Gasteiger charge is -2.42. The molecule has 1 spiro atoms. The van der Waals surface area contributed by atoms with E-state index in [1.807, 2.05) is 0 Å². The molecular formula is C11H23N2+. The maximum absolute atomic E-state index is 3.79. The van der Waals surface area contributed by atoms with Crippen LogP contribution in [0.3, 0.4) is 0 Å². The van der Waals surface area contributed by atoms with Crippen molar-refractivity contribution in [2.45, 2.75) is 63.8 Å². The van der Waals surface area contributed by atoms with Gasteiger partial charge in [-0.3, -0.25) is 5.84 Å². The van der Waals surface area contributed by atoms with Crippen LogP contribution in [0.5, 0.6) is 0 Å². The molecule has 2 aliphatic carbocycles. The van der Waals surface area contributed by atoms with Crippen LogP contribution in [0.25, 0.3) is 0 Å². The molecule has 13 heavy (non-hydrogen) atoms. The molecule has 0 amide bonds. The molecule has 0 aromatic rings. The Kier molecular flexibility index (Phi) is 2.89. The van der Waals surface area contributed by atoms with E-state index in [1.165, 1.54) is 57.8 Å². The molecule has 2 saturated carbocycles. The van der Waals surface area contributed by atoms with E-state index in [-0.39, 0.29) is 0 Å². The molecule has 0 aromatic carbocycles. The average molecular weight is 183 g/mol. The van der Waals surface area contributed by atoms with Gasteiger partial charge in [-0.25, -0.2) is 0 Å². The van der Waals surface area contributed by atoms with Gasteiger partial charge < -0.3 is 0 Å². The van der Waals surface area contributed by atoms with E-state index in [0.29, 0.717) is 6.04 Å². The maximum Gasteiger partial charge on any atom is 0.0554 e. The molecule has 4 N–H and O–H groups in total. The summed E-state index contributed by atoms with van der Waals surface area (Å²) < 4.78 is 0. The highest BCUT2D eigenvalue weighted by molar-refractivity contribution is 4.88. The first-order valence-corrected chi connectivity index (χ1v) is 5.87. The zero-order chi connectivity index (χ0) is 9.15. The van der Waals surface area contributed by atoms with Crippen molar-refractivity contribution in [2.24, 2.45) is 5.41 Å². The largest absolute Gasteiger partial charge is 0.280 e. The van der Waals surface area contributed by atoms with Crippen molar-refractivity contribution >= 4 is 0 Å². The highest BCUT2D eigenvalue weighted by Gasteiger charge is 2.36. The molecule has 0 atom stereocenters. The van der Waals surface area contributed by atoms with Gasteiger partial charge in [-0.05, 0) is 43.9 Å². The number of nitrogens with one attached hydrogen (secondary N) is 1. The fourth-order valence-electron chi connectivity index (χ4n) is 3.24. The third kappa shape index (κ3) is 2.05. The summed E-state index contributed by atoms with van der Waals surface area (Å²) in [6.07, 6.45) is 13.1. The molecule has 0 unspecified atom stereocenters. The topological polar surface area (TPSA) is 39.7 Å². The maximum atomic E-state index is 3.79. The lowest BCUT2D eigenvalue weighted by Crippen LogP contribution is -2.69. The second kappa shape index (κ2) is 3.97. The summed E-state index contributed by atoms with van der Waals surface area (Å²) >= 11 is 0. The van der Waals surface area contributed by atoms with Gasteiger partial charge in [-0.15, -0.1) is 0 Å². The predicted molar refractivity (Wildman–Crippen MR) is 53.8 cm³/mol. The van der Waals surface area contributed by atoms with Gasteiger partial charge in [0.05, 0.1) is 6.04 Å². The van der Waals surface area contributed by atoms with Gasteiger partial charge in [0.1, 0.15) is 0 Å². The quantitative estimate of drug-likeness (QED) is 0.596. The van der Waals surface area contributed by atoms with Gasteiger partial charge >= 0.3 is 0 Å². The highest BCUT2D eigenvalue weighted by atomic mass is 15.2. The first-order chi connectivity index (χ1) is 6.35. The van der Waals surface area contributed by atoms with Crippen LogP contribution in [0.2, 0.25) is 0 Å². The summed E-state index contributed by atoms with van der Waals surface area (Å²) in [5.41, 5.74) is 3.95. The molecule has 2 nitrogen and oxygen atoms in total. The van der Waals surface area contributed by atoms with E-state index in [4.69, 9.17) is 0 Å². The Hall–Kier alpha value is -0.0800. The summed E-state index contributed by atoms with van der Waals surface area (Å²) in [4.78, 5) is 0. The minimum absolute atomic E-state index is 0.715. The number of quaternary nitrogens is 1. The summed E-state index contributed by atoms with van der Waals surface area (Å²) in [7, 11) is 0. The van der Waals surface area contributed by atoms with Crippen LogP contribution < -0.4 is 11.3 Å². The molecule has 76 valence electrons. The van der Waals surface area contributed by atoms with Crippen molar-refractivity contribution in [1.82, 2.24) is 5.43 Å². The fourth-order valence-corrected chi connectivity index (χ4v) is 3.24. The Morgan fingerprint density at radius 3 is 2.08 bits per heavy atom. The summed E-state index contributed by atoms with van der Waals surface area (Å²) in [5, 5.41) is 0. The van der Waals surface area contributed by atoms with E-state index < -0.39 is 0 Å². The van der Waals surface area contributed by atoms with Gasteiger partial charge in [0.15, 0.2) is 0 Å². The Labute approximate surface area is 81.2 Å². The summed E-state index contributed by atoms with van der Waals surface area (Å²) in [5.74, 6) is 3.79. The van der Waals surface area contributed by atoms with Gasteiger partial charge in [-0.2, -0.15) is 5.43 Å². The van der Waals surface area contributed by atoms with Crippen molar-refractivity contribution < 1.29 is 5.84 Å². The SMILES string of the molecule is [NH3+]NC1CCC2(CCCCC2)CC1. The minimum atomic E-state index is 0.715. The third-order valence-corrected chi connectivity index (χ3v) is 4.25. The molecule has 0 radical (unpaired) electrons. The normalized spacial score (nSPS) is 29.3. The van der Waals surface area contributed by atoms with E-state index in [9.17, 15) is 0 Å². The molecule has 2 rings (SSSR count). The van der Waals surface area contributed by atoms with Crippen molar-refractivity contribution in [1.29, 1.82) is 0 Å². The monoisotopic (exact) mass is 183 g/mol. The van der Waals surface area contributed by atoms with Crippen molar-refractivity contribution in [3.05, 3.63) is 0 Å². The predicted octanol–water partition coefficient (Wildman–Crippen LogP) is 1.63. The number of hydrogen-bond acceptors (Lipinski definition) is 1. The van der Waals surface area contributed by atoms with Crippen LogP contribution in [0.1, 0.15) is 57.8 Å². The zero-order valence-electron chi connectivity index (χ0n) is 8.65. The number of rotatable bonds is 1. The molecule has 0 aromatic heterocycles. The smallest absolute Gasteiger partial charge is 0.0554 e. The van der Waals surface area contributed by atoms with Gasteiger partial charge in [0.25, 0.3) is 0 Å². The minimum Gasteiger partial charge on any atom is -0.280 e. The van der Waals surface area contributed by atoms with Crippen molar-refractivity contribution in [2.75, 3.05) is 0 Å². The second-order valence-corrected chi connectivity index (χ2v) is 5.04. The van der Waals surface area contributed by atoms with Crippen LogP contribution in [-0.2, 0) is 0 Å². The van der Waals surface area contributed by atoms with Gasteiger partial charge in [0.2, 0.25) is 0 Å². The van der Waals surface area contributed by atoms with Crippen molar-refractivity contribution in [3.63, 3.8) is 0 Å². The van der Waals surface area contributed by atoms with Crippen LogP contribution in [0, 0.1) is 5.41 Å². The van der Waals surface area contributed by atoms with Crippen LogP contribution >= 0.6 is 0 Å². The molecular weight excluding hydrogens is 160 g/mol. The lowest BCUT2D eigenvalue weighted by atomic mass is 9.64. The first-order valence-electron chi connectivity index (χ1n) is 5.87. The first kappa shape index (κ1) is 9.47. The van der Waals surface area contributed by atoms with E-state index in [2.05, 4.69) is 11.3 Å². The number of hydrogen-bond donors (Lipinski definition) is 2. The van der Waals surface area contributed by atoms with Gasteiger partial charge in [0, 0.05) is 0 Å². The third-order valence-electron chi connectivity index (χ3n) is 4.25. The van der Waals surface area contributed by atoms with E-state index >= 15 is 0 Å². The molecule has 2 fully saturated rings. The molecule has 0 heterocycles. The van der Waals surface area contributed by atoms with Crippen LogP contribution in [0.4, 0.5) is 0 Å². The van der Waals surface area contributed by atoms with E-state index in [1.54, 1.807) is 0 Å². The Balaban J connectivity index is 1.87. The lowest BCUT2D eigenvalue weighted by molar-refractivity contribution is -0.453. The summed E-state index contributed by atoms with van der Waals surface area (Å²) in [6, 6.07) is 0.715. The van der Waals surface area contributed by atoms with Crippen molar-refractivity contribution in [3.8, 4) is 0 Å². The Morgan fingerprint density at radius 2 is 1.54 bits per heavy atom. The van der Waals surface area contributed by atoms with Gasteiger partial charge in [-0.1, -0.05) is 19.3 Å².